The Kier molecular flexibility index (Phi) is 7.91. The van der Waals surface area contributed by atoms with E-state index in [4.69, 9.17) is 0 Å². The van der Waals surface area contributed by atoms with E-state index >= 15 is 0 Å². The van der Waals surface area contributed by atoms with Crippen molar-refractivity contribution in [3.8, 4) is 0 Å². The second-order valence-electron chi connectivity index (χ2n) is 5.79. The fraction of sp³-hybridized carbons (Fsp3) is 0.667. The smallest absolute Gasteiger partial charge is 0.126 e. The first-order chi connectivity index (χ1) is 10.0. The normalized spacial score (nSPS) is 14.4. The second kappa shape index (κ2) is 9.16. The first kappa shape index (κ1) is 18.1. The lowest BCUT2D eigenvalue weighted by atomic mass is 10.0. The van der Waals surface area contributed by atoms with Crippen molar-refractivity contribution in [2.45, 2.75) is 59.5 Å². The van der Waals surface area contributed by atoms with Crippen LogP contribution in [0.4, 0.5) is 4.39 Å². The lowest BCUT2D eigenvalue weighted by molar-refractivity contribution is 0.203. The molecule has 0 aliphatic heterocycles. The van der Waals surface area contributed by atoms with Crippen LogP contribution in [0.25, 0.3) is 0 Å². The molecule has 0 heterocycles. The Morgan fingerprint density at radius 1 is 1.24 bits per heavy atom. The molecule has 0 aromatic heterocycles. The van der Waals surface area contributed by atoms with Gasteiger partial charge >= 0.3 is 0 Å². The Morgan fingerprint density at radius 3 is 2.48 bits per heavy atom. The van der Waals surface area contributed by atoms with E-state index in [1.165, 1.54) is 6.42 Å². The zero-order valence-corrected chi connectivity index (χ0v) is 14.2. The molecule has 2 atom stereocenters. The summed E-state index contributed by atoms with van der Waals surface area (Å²) in [6, 6.07) is 6.43. The third-order valence-corrected chi connectivity index (χ3v) is 4.37. The van der Waals surface area contributed by atoms with Gasteiger partial charge in [-0.2, -0.15) is 0 Å². The molecule has 1 rings (SSSR count). The van der Waals surface area contributed by atoms with Crippen LogP contribution < -0.4 is 5.32 Å². The van der Waals surface area contributed by atoms with Gasteiger partial charge in [0.1, 0.15) is 5.82 Å². The van der Waals surface area contributed by atoms with E-state index < -0.39 is 0 Å². The van der Waals surface area contributed by atoms with Gasteiger partial charge in [0, 0.05) is 18.6 Å². The Hall–Kier alpha value is -0.930. The first-order valence-corrected chi connectivity index (χ1v) is 8.26. The highest BCUT2D eigenvalue weighted by atomic mass is 19.1. The van der Waals surface area contributed by atoms with E-state index in [0.717, 1.165) is 31.6 Å². The van der Waals surface area contributed by atoms with Crippen LogP contribution >= 0.6 is 0 Å². The van der Waals surface area contributed by atoms with Crippen molar-refractivity contribution < 1.29 is 4.39 Å². The predicted octanol–water partition coefficient (Wildman–Crippen LogP) is 4.30. The number of aryl methyl sites for hydroxylation is 1. The van der Waals surface area contributed by atoms with E-state index in [0.29, 0.717) is 11.6 Å². The summed E-state index contributed by atoms with van der Waals surface area (Å²) in [4.78, 5) is 2.49. The van der Waals surface area contributed by atoms with Crippen molar-refractivity contribution in [1.29, 1.82) is 0 Å². The molecule has 120 valence electrons. The highest BCUT2D eigenvalue weighted by Gasteiger charge is 2.16. The van der Waals surface area contributed by atoms with Gasteiger partial charge in [-0.3, -0.25) is 0 Å². The van der Waals surface area contributed by atoms with Gasteiger partial charge in [0.15, 0.2) is 0 Å². The van der Waals surface area contributed by atoms with Gasteiger partial charge in [0.2, 0.25) is 0 Å². The molecule has 3 heteroatoms. The van der Waals surface area contributed by atoms with Gasteiger partial charge in [-0.15, -0.1) is 0 Å². The fourth-order valence-corrected chi connectivity index (χ4v) is 2.70. The quantitative estimate of drug-likeness (QED) is 0.730. The molecule has 0 amide bonds. The predicted molar refractivity (Wildman–Crippen MR) is 89.2 cm³/mol. The summed E-state index contributed by atoms with van der Waals surface area (Å²) in [7, 11) is 0. The summed E-state index contributed by atoms with van der Waals surface area (Å²) in [5, 5.41) is 3.49. The average molecular weight is 294 g/mol. The van der Waals surface area contributed by atoms with Gasteiger partial charge in [-0.05, 0) is 57.0 Å². The summed E-state index contributed by atoms with van der Waals surface area (Å²) in [6.07, 6.45) is 2.17. The summed E-state index contributed by atoms with van der Waals surface area (Å²) in [5.74, 6) is -0.107. The van der Waals surface area contributed by atoms with Gasteiger partial charge < -0.3 is 10.2 Å². The van der Waals surface area contributed by atoms with E-state index in [-0.39, 0.29) is 11.9 Å². The SMILES string of the molecule is CCNC(CCN(CC)C(C)CC)c1ccc(C)c(F)c1. The molecule has 0 aliphatic rings. The number of hydrogen-bond donors (Lipinski definition) is 1. The Bertz CT molecular complexity index is 420. The lowest BCUT2D eigenvalue weighted by Crippen LogP contribution is -2.35. The van der Waals surface area contributed by atoms with Crippen molar-refractivity contribution in [2.24, 2.45) is 0 Å². The van der Waals surface area contributed by atoms with Crippen molar-refractivity contribution in [3.63, 3.8) is 0 Å². The standard InChI is InChI=1S/C18H31FN2/c1-6-15(5)21(8-3)12-11-18(20-7-2)16-10-9-14(4)17(19)13-16/h9-10,13,15,18,20H,6-8,11-12H2,1-5H3. The van der Waals surface area contributed by atoms with Crippen molar-refractivity contribution >= 4 is 0 Å². The summed E-state index contributed by atoms with van der Waals surface area (Å²) < 4.78 is 13.8. The summed E-state index contributed by atoms with van der Waals surface area (Å²) >= 11 is 0. The summed E-state index contributed by atoms with van der Waals surface area (Å²) in [5.41, 5.74) is 1.77. The molecule has 21 heavy (non-hydrogen) atoms. The highest BCUT2D eigenvalue weighted by molar-refractivity contribution is 5.25. The maximum atomic E-state index is 13.8. The molecule has 2 nitrogen and oxygen atoms in total. The Balaban J connectivity index is 2.75. The Labute approximate surface area is 129 Å². The van der Waals surface area contributed by atoms with Crippen LogP contribution in [0.5, 0.6) is 0 Å². The molecule has 0 saturated carbocycles. The maximum absolute atomic E-state index is 13.8. The monoisotopic (exact) mass is 294 g/mol. The van der Waals surface area contributed by atoms with Crippen LogP contribution in [0.2, 0.25) is 0 Å². The van der Waals surface area contributed by atoms with Gasteiger partial charge in [0.25, 0.3) is 0 Å². The van der Waals surface area contributed by atoms with Crippen molar-refractivity contribution in [2.75, 3.05) is 19.6 Å². The molecule has 1 aromatic rings. The number of rotatable bonds is 9. The number of hydrogen-bond acceptors (Lipinski definition) is 2. The minimum Gasteiger partial charge on any atom is -0.310 e. The second-order valence-corrected chi connectivity index (χ2v) is 5.79. The molecular formula is C18H31FN2. The Morgan fingerprint density at radius 2 is 1.95 bits per heavy atom. The molecule has 2 unspecified atom stereocenters. The van der Waals surface area contributed by atoms with E-state index in [1.807, 2.05) is 19.1 Å². The third-order valence-electron chi connectivity index (χ3n) is 4.37. The van der Waals surface area contributed by atoms with Crippen LogP contribution in [0, 0.1) is 12.7 Å². The maximum Gasteiger partial charge on any atom is 0.126 e. The first-order valence-electron chi connectivity index (χ1n) is 8.26. The fourth-order valence-electron chi connectivity index (χ4n) is 2.70. The van der Waals surface area contributed by atoms with Crippen LogP contribution in [0.3, 0.4) is 0 Å². The molecule has 0 bridgehead atoms. The van der Waals surface area contributed by atoms with Crippen molar-refractivity contribution in [3.05, 3.63) is 35.1 Å². The van der Waals surface area contributed by atoms with Crippen LogP contribution in [-0.2, 0) is 0 Å². The molecule has 0 radical (unpaired) electrons. The van der Waals surface area contributed by atoms with E-state index in [2.05, 4.69) is 37.9 Å². The van der Waals surface area contributed by atoms with Crippen LogP contribution in [0.15, 0.2) is 18.2 Å². The molecule has 0 spiro atoms. The molecule has 0 fully saturated rings. The van der Waals surface area contributed by atoms with Gasteiger partial charge in [-0.1, -0.05) is 32.9 Å². The average Bonchev–Trinajstić information content (AvgIpc) is 2.49. The largest absolute Gasteiger partial charge is 0.310 e. The molecule has 0 saturated heterocycles. The zero-order valence-electron chi connectivity index (χ0n) is 14.2. The number of nitrogens with one attached hydrogen (secondary N) is 1. The van der Waals surface area contributed by atoms with E-state index in [1.54, 1.807) is 6.07 Å². The van der Waals surface area contributed by atoms with Crippen molar-refractivity contribution in [1.82, 2.24) is 10.2 Å². The third kappa shape index (κ3) is 5.40. The zero-order chi connectivity index (χ0) is 15.8. The minimum atomic E-state index is -0.107. The van der Waals surface area contributed by atoms with E-state index in [9.17, 15) is 4.39 Å². The minimum absolute atomic E-state index is 0.107. The number of nitrogens with zero attached hydrogens (tertiary/aromatic N) is 1. The molecule has 1 aromatic carbocycles. The van der Waals surface area contributed by atoms with Crippen LogP contribution in [0.1, 0.15) is 57.7 Å². The highest BCUT2D eigenvalue weighted by Crippen LogP contribution is 2.20. The summed E-state index contributed by atoms with van der Waals surface area (Å²) in [6.45, 7) is 13.6. The van der Waals surface area contributed by atoms with Crippen LogP contribution in [-0.4, -0.2) is 30.6 Å². The molecule has 1 N–H and O–H groups in total. The number of benzene rings is 1. The number of halogens is 1. The topological polar surface area (TPSA) is 15.3 Å². The molecule has 0 aliphatic carbocycles. The molecular weight excluding hydrogens is 263 g/mol. The lowest BCUT2D eigenvalue weighted by Gasteiger charge is -2.29. The van der Waals surface area contributed by atoms with Gasteiger partial charge in [0.05, 0.1) is 0 Å². The van der Waals surface area contributed by atoms with Gasteiger partial charge in [-0.25, -0.2) is 4.39 Å².